The summed E-state index contributed by atoms with van der Waals surface area (Å²) in [6, 6.07) is 1.03. The van der Waals surface area contributed by atoms with Crippen LogP contribution < -0.4 is 10.2 Å². The van der Waals surface area contributed by atoms with Crippen molar-refractivity contribution in [3.05, 3.63) is 23.7 Å². The molecular formula is C26H36F3N7O. The third-order valence-electron chi connectivity index (χ3n) is 7.83. The number of fused-ring (bicyclic) bond motifs is 1. The zero-order valence-electron chi connectivity index (χ0n) is 21.3. The van der Waals surface area contributed by atoms with Crippen molar-refractivity contribution in [2.24, 2.45) is 0 Å². The molecule has 1 N–H and O–H groups in total. The minimum absolute atomic E-state index is 0.0412. The number of amides is 1. The van der Waals surface area contributed by atoms with Gasteiger partial charge in [-0.3, -0.25) is 4.79 Å². The molecule has 5 rings (SSSR count). The summed E-state index contributed by atoms with van der Waals surface area (Å²) in [4.78, 5) is 32.3. The summed E-state index contributed by atoms with van der Waals surface area (Å²) in [5.41, 5.74) is -1.15. The summed E-state index contributed by atoms with van der Waals surface area (Å²) < 4.78 is 42.1. The number of hydrogen-bond donors (Lipinski definition) is 1. The number of carbonyl (C=O) groups excluding carboxylic acids is 1. The summed E-state index contributed by atoms with van der Waals surface area (Å²) in [6.45, 7) is 7.60. The first-order chi connectivity index (χ1) is 17.9. The van der Waals surface area contributed by atoms with E-state index >= 15 is 0 Å². The predicted molar refractivity (Wildman–Crippen MR) is 136 cm³/mol. The maximum atomic E-state index is 14.0. The van der Waals surface area contributed by atoms with E-state index in [4.69, 9.17) is 0 Å². The van der Waals surface area contributed by atoms with Gasteiger partial charge in [0.15, 0.2) is 0 Å². The van der Waals surface area contributed by atoms with Crippen LogP contribution in [-0.4, -0.2) is 89.1 Å². The molecule has 0 atom stereocenters. The molecule has 8 nitrogen and oxygen atoms in total. The lowest BCUT2D eigenvalue weighted by Crippen LogP contribution is -2.46. The number of aromatic nitrogens is 3. The fraction of sp³-hybridized carbons (Fsp3) is 0.692. The maximum Gasteiger partial charge on any atom is 0.418 e. The van der Waals surface area contributed by atoms with Crippen LogP contribution in [0.25, 0.3) is 11.0 Å². The molecule has 3 aliphatic rings. The zero-order chi connectivity index (χ0) is 25.8. The van der Waals surface area contributed by atoms with E-state index in [-0.39, 0.29) is 22.9 Å². The number of piperidine rings is 1. The molecule has 3 aliphatic heterocycles. The van der Waals surface area contributed by atoms with Gasteiger partial charge in [-0.05, 0) is 57.7 Å². The smallest absolute Gasteiger partial charge is 0.357 e. The van der Waals surface area contributed by atoms with Crippen LogP contribution in [0.2, 0.25) is 0 Å². The highest BCUT2D eigenvalue weighted by Crippen LogP contribution is 2.36. The van der Waals surface area contributed by atoms with E-state index in [0.717, 1.165) is 70.8 Å². The molecule has 202 valence electrons. The van der Waals surface area contributed by atoms with Crippen molar-refractivity contribution in [3.63, 3.8) is 0 Å². The second-order valence-electron chi connectivity index (χ2n) is 10.5. The topological polar surface area (TPSA) is 77.5 Å². The molecule has 0 bridgehead atoms. The Morgan fingerprint density at radius 3 is 2.16 bits per heavy atom. The lowest BCUT2D eigenvalue weighted by Gasteiger charge is -2.33. The maximum absolute atomic E-state index is 14.0. The van der Waals surface area contributed by atoms with E-state index in [0.29, 0.717) is 18.9 Å². The third-order valence-corrected chi connectivity index (χ3v) is 7.83. The molecule has 0 aliphatic carbocycles. The van der Waals surface area contributed by atoms with Crippen molar-refractivity contribution in [2.45, 2.75) is 63.6 Å². The van der Waals surface area contributed by atoms with Crippen molar-refractivity contribution in [1.82, 2.24) is 30.1 Å². The number of nitrogens with zero attached hydrogens (tertiary/aromatic N) is 6. The summed E-state index contributed by atoms with van der Waals surface area (Å²) >= 11 is 0. The summed E-state index contributed by atoms with van der Waals surface area (Å²) in [5, 5.41) is 2.93. The highest BCUT2D eigenvalue weighted by atomic mass is 19.4. The summed E-state index contributed by atoms with van der Waals surface area (Å²) in [6.07, 6.45) is 4.77. The van der Waals surface area contributed by atoms with Gasteiger partial charge in [-0.2, -0.15) is 13.2 Å². The van der Waals surface area contributed by atoms with Crippen LogP contribution in [-0.2, 0) is 6.18 Å². The van der Waals surface area contributed by atoms with Crippen molar-refractivity contribution >= 4 is 22.8 Å². The van der Waals surface area contributed by atoms with Crippen molar-refractivity contribution < 1.29 is 18.0 Å². The van der Waals surface area contributed by atoms with E-state index in [1.807, 2.05) is 4.90 Å². The van der Waals surface area contributed by atoms with Gasteiger partial charge in [-0.1, -0.05) is 12.8 Å². The van der Waals surface area contributed by atoms with Gasteiger partial charge in [0.05, 0.1) is 11.8 Å². The van der Waals surface area contributed by atoms with Crippen LogP contribution in [0.5, 0.6) is 0 Å². The molecule has 3 saturated heterocycles. The number of likely N-dealkylation sites (tertiary alicyclic amines) is 2. The predicted octanol–water partition coefficient (Wildman–Crippen LogP) is 3.71. The quantitative estimate of drug-likeness (QED) is 0.624. The van der Waals surface area contributed by atoms with Crippen LogP contribution in [0.15, 0.2) is 12.3 Å². The minimum atomic E-state index is -4.62. The Hall–Kier alpha value is -2.53. The average Bonchev–Trinajstić information content (AvgIpc) is 3.26. The number of anilines is 1. The van der Waals surface area contributed by atoms with Crippen molar-refractivity contribution in [1.29, 1.82) is 0 Å². The lowest BCUT2D eigenvalue weighted by molar-refractivity contribution is -0.136. The average molecular weight is 520 g/mol. The van der Waals surface area contributed by atoms with E-state index < -0.39 is 17.6 Å². The SMILES string of the molecule is O=C(NC1CCN(CCN2CCCC2)CC1)c1ncc2nc(N3CCCCCC3)cc(C(F)(F)F)c2n1. The molecule has 0 unspecified atom stereocenters. The number of pyridine rings is 1. The Morgan fingerprint density at radius 2 is 1.51 bits per heavy atom. The van der Waals surface area contributed by atoms with Crippen molar-refractivity contribution in [3.8, 4) is 0 Å². The van der Waals surface area contributed by atoms with Gasteiger partial charge < -0.3 is 20.0 Å². The van der Waals surface area contributed by atoms with E-state index in [2.05, 4.69) is 30.1 Å². The lowest BCUT2D eigenvalue weighted by atomic mass is 10.0. The van der Waals surface area contributed by atoms with Crippen molar-refractivity contribution in [2.75, 3.05) is 57.3 Å². The number of carbonyl (C=O) groups is 1. The third kappa shape index (κ3) is 6.49. The molecule has 1 amide bonds. The number of alkyl halides is 3. The molecule has 2 aromatic heterocycles. The molecule has 0 aromatic carbocycles. The van der Waals surface area contributed by atoms with Gasteiger partial charge in [-0.25, -0.2) is 15.0 Å². The summed E-state index contributed by atoms with van der Waals surface area (Å²) in [5.74, 6) is -0.500. The van der Waals surface area contributed by atoms with Crippen LogP contribution in [0.3, 0.4) is 0 Å². The fourth-order valence-electron chi connectivity index (χ4n) is 5.64. The highest BCUT2D eigenvalue weighted by Gasteiger charge is 2.35. The molecule has 5 heterocycles. The standard InChI is InChI=1S/C26H36F3N7O/c27-26(28,29)20-17-22(36-11-3-1-2-4-12-36)32-21-18-30-24(33-23(20)21)25(37)31-19-7-13-35(14-8-19)16-15-34-9-5-6-10-34/h17-19H,1-16H2,(H,31,37). The Bertz CT molecular complexity index is 1070. The molecule has 0 saturated carbocycles. The molecule has 37 heavy (non-hydrogen) atoms. The number of rotatable bonds is 6. The Labute approximate surface area is 215 Å². The Balaban J connectivity index is 1.25. The van der Waals surface area contributed by atoms with Crippen LogP contribution in [0.1, 0.15) is 67.5 Å². The second kappa shape index (κ2) is 11.5. The number of nitrogens with one attached hydrogen (secondary N) is 1. The first-order valence-electron chi connectivity index (χ1n) is 13.6. The normalized spacial score (nSPS) is 20.9. The fourth-order valence-corrected chi connectivity index (χ4v) is 5.64. The van der Waals surface area contributed by atoms with E-state index in [1.54, 1.807) is 0 Å². The number of hydrogen-bond acceptors (Lipinski definition) is 7. The van der Waals surface area contributed by atoms with Gasteiger partial charge in [0, 0.05) is 45.3 Å². The monoisotopic (exact) mass is 519 g/mol. The van der Waals surface area contributed by atoms with Gasteiger partial charge in [0.25, 0.3) is 5.91 Å². The first-order valence-corrected chi connectivity index (χ1v) is 13.6. The molecule has 0 spiro atoms. The van der Waals surface area contributed by atoms with Gasteiger partial charge in [-0.15, -0.1) is 0 Å². The highest BCUT2D eigenvalue weighted by molar-refractivity contribution is 5.93. The van der Waals surface area contributed by atoms with Crippen LogP contribution in [0.4, 0.5) is 19.0 Å². The largest absolute Gasteiger partial charge is 0.418 e. The Morgan fingerprint density at radius 1 is 0.892 bits per heavy atom. The molecule has 0 radical (unpaired) electrons. The molecular weight excluding hydrogens is 483 g/mol. The van der Waals surface area contributed by atoms with Crippen LogP contribution >= 0.6 is 0 Å². The van der Waals surface area contributed by atoms with Gasteiger partial charge in [0.2, 0.25) is 5.82 Å². The van der Waals surface area contributed by atoms with E-state index in [9.17, 15) is 18.0 Å². The zero-order valence-corrected chi connectivity index (χ0v) is 21.3. The van der Waals surface area contributed by atoms with E-state index in [1.165, 1.54) is 32.1 Å². The van der Waals surface area contributed by atoms with Gasteiger partial charge >= 0.3 is 6.18 Å². The Kier molecular flexibility index (Phi) is 8.09. The molecule has 2 aromatic rings. The molecule has 11 heteroatoms. The van der Waals surface area contributed by atoms with Gasteiger partial charge in [0.1, 0.15) is 16.9 Å². The molecule has 3 fully saturated rings. The first kappa shape index (κ1) is 26.1. The van der Waals surface area contributed by atoms with Crippen LogP contribution in [0, 0.1) is 0 Å². The minimum Gasteiger partial charge on any atom is -0.357 e. The summed E-state index contributed by atoms with van der Waals surface area (Å²) in [7, 11) is 0. The number of halogens is 3. The second-order valence-corrected chi connectivity index (χ2v) is 10.5.